The monoisotopic (exact) mass is 509 g/mol. The molecule has 1 amide bonds. The molecule has 36 heavy (non-hydrogen) atoms. The zero-order valence-corrected chi connectivity index (χ0v) is 22.0. The molecule has 1 fully saturated rings. The maximum Gasteiger partial charge on any atom is 0.253 e. The van der Waals surface area contributed by atoms with Crippen LogP contribution in [0.3, 0.4) is 0 Å². The number of aromatic amines is 1. The van der Waals surface area contributed by atoms with Crippen molar-refractivity contribution in [1.82, 2.24) is 14.8 Å². The van der Waals surface area contributed by atoms with Gasteiger partial charge in [0.2, 0.25) is 0 Å². The summed E-state index contributed by atoms with van der Waals surface area (Å²) < 4.78 is 11.9. The molecular weight excluding hydrogens is 474 g/mol. The first-order valence-corrected chi connectivity index (χ1v) is 13.5. The summed E-state index contributed by atoms with van der Waals surface area (Å²) in [5, 5.41) is 1.87. The number of hydrogen-bond acceptors (Lipinski definition) is 4. The molecule has 0 radical (unpaired) electrons. The SMILES string of the molecule is CC(C)CN(Cc1cc(Cl)c2c(c1)CCCCO2)C(=O)C1CN(Cc2cccc3[nH]ccc23)CCO1. The van der Waals surface area contributed by atoms with Crippen LogP contribution in [0.15, 0.2) is 42.6 Å². The Morgan fingerprint density at radius 2 is 2.11 bits per heavy atom. The molecular formula is C29H36ClN3O3. The minimum absolute atomic E-state index is 0.0515. The Morgan fingerprint density at radius 1 is 1.22 bits per heavy atom. The van der Waals surface area contributed by atoms with Gasteiger partial charge in [-0.15, -0.1) is 0 Å². The molecule has 1 atom stereocenters. The van der Waals surface area contributed by atoms with Gasteiger partial charge in [0.1, 0.15) is 11.9 Å². The highest BCUT2D eigenvalue weighted by molar-refractivity contribution is 6.32. The molecule has 1 saturated heterocycles. The lowest BCUT2D eigenvalue weighted by Crippen LogP contribution is -2.51. The number of fused-ring (bicyclic) bond motifs is 2. The fourth-order valence-corrected chi connectivity index (χ4v) is 5.68. The van der Waals surface area contributed by atoms with Crippen molar-refractivity contribution in [1.29, 1.82) is 0 Å². The summed E-state index contributed by atoms with van der Waals surface area (Å²) in [4.78, 5) is 21.3. The van der Waals surface area contributed by atoms with Crippen molar-refractivity contribution in [3.8, 4) is 5.75 Å². The van der Waals surface area contributed by atoms with E-state index in [9.17, 15) is 4.79 Å². The number of ether oxygens (including phenoxy) is 2. The summed E-state index contributed by atoms with van der Waals surface area (Å²) in [6, 6.07) is 12.6. The van der Waals surface area contributed by atoms with Gasteiger partial charge >= 0.3 is 0 Å². The van der Waals surface area contributed by atoms with Crippen LogP contribution in [0.4, 0.5) is 0 Å². The third kappa shape index (κ3) is 5.72. The molecule has 7 heteroatoms. The van der Waals surface area contributed by atoms with Gasteiger partial charge in [-0.1, -0.05) is 43.6 Å². The Balaban J connectivity index is 1.30. The third-order valence-electron chi connectivity index (χ3n) is 7.04. The Bertz CT molecular complexity index is 1210. The highest BCUT2D eigenvalue weighted by Gasteiger charge is 2.31. The van der Waals surface area contributed by atoms with Crippen molar-refractivity contribution in [2.24, 2.45) is 5.92 Å². The van der Waals surface area contributed by atoms with Crippen LogP contribution in [0.25, 0.3) is 10.9 Å². The molecule has 2 aliphatic rings. The van der Waals surface area contributed by atoms with E-state index >= 15 is 0 Å². The van der Waals surface area contributed by atoms with Crippen LogP contribution in [0.5, 0.6) is 5.75 Å². The number of halogens is 1. The highest BCUT2D eigenvalue weighted by atomic mass is 35.5. The van der Waals surface area contributed by atoms with E-state index in [0.29, 0.717) is 43.8 Å². The van der Waals surface area contributed by atoms with E-state index in [0.717, 1.165) is 54.7 Å². The molecule has 6 nitrogen and oxygen atoms in total. The number of carbonyl (C=O) groups is 1. The maximum absolute atomic E-state index is 13.7. The number of amides is 1. The standard InChI is InChI=1S/C29H36ClN3O3/c1-20(2)16-33(17-21-14-22-6-3-4-12-36-28(22)25(30)15-21)29(34)27-19-32(11-13-35-27)18-23-7-5-8-26-24(23)9-10-31-26/h5,7-10,14-15,20,27,31H,3-4,6,11-13,16-19H2,1-2H3. The van der Waals surface area contributed by atoms with Crippen molar-refractivity contribution in [2.75, 3.05) is 32.8 Å². The second-order valence-corrected chi connectivity index (χ2v) is 10.8. The minimum Gasteiger partial charge on any atom is -0.492 e. The summed E-state index contributed by atoms with van der Waals surface area (Å²) >= 11 is 6.60. The van der Waals surface area contributed by atoms with E-state index in [2.05, 4.69) is 54.1 Å². The number of aromatic nitrogens is 1. The van der Waals surface area contributed by atoms with Crippen LogP contribution in [0, 0.1) is 5.92 Å². The first kappa shape index (κ1) is 25.1. The van der Waals surface area contributed by atoms with Crippen LogP contribution in [0.1, 0.15) is 43.4 Å². The van der Waals surface area contributed by atoms with Gasteiger partial charge in [-0.3, -0.25) is 9.69 Å². The summed E-state index contributed by atoms with van der Waals surface area (Å²) in [7, 11) is 0. The van der Waals surface area contributed by atoms with E-state index in [4.69, 9.17) is 21.1 Å². The van der Waals surface area contributed by atoms with Gasteiger partial charge in [0.05, 0.1) is 18.2 Å². The van der Waals surface area contributed by atoms with Crippen molar-refractivity contribution in [3.05, 3.63) is 64.3 Å². The minimum atomic E-state index is -0.470. The topological polar surface area (TPSA) is 57.8 Å². The Morgan fingerprint density at radius 3 is 2.97 bits per heavy atom. The largest absolute Gasteiger partial charge is 0.492 e. The molecule has 1 aromatic heterocycles. The maximum atomic E-state index is 13.7. The number of hydrogen-bond donors (Lipinski definition) is 1. The van der Waals surface area contributed by atoms with Gasteiger partial charge in [-0.05, 0) is 60.1 Å². The zero-order valence-electron chi connectivity index (χ0n) is 21.3. The van der Waals surface area contributed by atoms with E-state index in [1.807, 2.05) is 17.2 Å². The van der Waals surface area contributed by atoms with E-state index in [1.54, 1.807) is 0 Å². The van der Waals surface area contributed by atoms with Crippen molar-refractivity contribution >= 4 is 28.4 Å². The fourth-order valence-electron chi connectivity index (χ4n) is 5.37. The molecule has 192 valence electrons. The summed E-state index contributed by atoms with van der Waals surface area (Å²) in [5.74, 6) is 1.21. The van der Waals surface area contributed by atoms with Gasteiger partial charge < -0.3 is 19.4 Å². The van der Waals surface area contributed by atoms with Crippen LogP contribution in [-0.2, 0) is 29.0 Å². The average Bonchev–Trinajstić information content (AvgIpc) is 3.22. The molecule has 1 N–H and O–H groups in total. The van der Waals surface area contributed by atoms with Crippen LogP contribution < -0.4 is 4.74 Å². The smallest absolute Gasteiger partial charge is 0.253 e. The number of rotatable bonds is 7. The molecule has 5 rings (SSSR count). The number of carbonyl (C=O) groups excluding carboxylic acids is 1. The van der Waals surface area contributed by atoms with Gasteiger partial charge in [-0.2, -0.15) is 0 Å². The molecule has 0 bridgehead atoms. The fraction of sp³-hybridized carbons (Fsp3) is 0.483. The molecule has 2 aliphatic heterocycles. The highest BCUT2D eigenvalue weighted by Crippen LogP contribution is 2.34. The number of aryl methyl sites for hydroxylation is 1. The van der Waals surface area contributed by atoms with Gasteiger partial charge in [0.25, 0.3) is 5.91 Å². The lowest BCUT2D eigenvalue weighted by molar-refractivity contribution is -0.151. The van der Waals surface area contributed by atoms with Gasteiger partial charge in [-0.25, -0.2) is 0 Å². The van der Waals surface area contributed by atoms with E-state index < -0.39 is 6.10 Å². The molecule has 3 aromatic rings. The molecule has 0 aliphatic carbocycles. The Labute approximate surface area is 218 Å². The van der Waals surface area contributed by atoms with Crippen molar-refractivity contribution in [3.63, 3.8) is 0 Å². The average molecular weight is 510 g/mol. The Hall–Kier alpha value is -2.54. The first-order valence-electron chi connectivity index (χ1n) is 13.1. The molecule has 3 heterocycles. The van der Waals surface area contributed by atoms with Gasteiger partial charge in [0.15, 0.2) is 0 Å². The van der Waals surface area contributed by atoms with Crippen molar-refractivity contribution < 1.29 is 14.3 Å². The summed E-state index contributed by atoms with van der Waals surface area (Å²) in [6.07, 6.45) is 4.58. The molecule has 0 spiro atoms. The number of benzene rings is 2. The lowest BCUT2D eigenvalue weighted by atomic mass is 10.0. The quantitative estimate of drug-likeness (QED) is 0.462. The third-order valence-corrected chi connectivity index (χ3v) is 7.32. The second-order valence-electron chi connectivity index (χ2n) is 10.4. The van der Waals surface area contributed by atoms with Crippen LogP contribution >= 0.6 is 11.6 Å². The predicted octanol–water partition coefficient (Wildman–Crippen LogP) is 5.42. The first-order chi connectivity index (χ1) is 17.5. The van der Waals surface area contributed by atoms with Crippen molar-refractivity contribution in [2.45, 2.75) is 52.3 Å². The summed E-state index contributed by atoms with van der Waals surface area (Å²) in [6.45, 7) is 8.94. The number of H-pyrrole nitrogens is 1. The van der Waals surface area contributed by atoms with Crippen LogP contribution in [-0.4, -0.2) is 59.6 Å². The number of morpholine rings is 1. The van der Waals surface area contributed by atoms with E-state index in [1.165, 1.54) is 10.9 Å². The molecule has 1 unspecified atom stereocenters. The van der Waals surface area contributed by atoms with Gasteiger partial charge in [0, 0.05) is 49.8 Å². The zero-order chi connectivity index (χ0) is 25.1. The summed E-state index contributed by atoms with van der Waals surface area (Å²) in [5.41, 5.74) is 4.60. The normalized spacial score (nSPS) is 18.6. The second kappa shape index (κ2) is 11.2. The van der Waals surface area contributed by atoms with Crippen LogP contribution in [0.2, 0.25) is 5.02 Å². The predicted molar refractivity (Wildman–Crippen MR) is 143 cm³/mol. The number of nitrogens with one attached hydrogen (secondary N) is 1. The Kier molecular flexibility index (Phi) is 7.85. The van der Waals surface area contributed by atoms with E-state index in [-0.39, 0.29) is 5.91 Å². The molecule has 0 saturated carbocycles. The lowest BCUT2D eigenvalue weighted by Gasteiger charge is -2.35. The molecule has 2 aromatic carbocycles. The number of nitrogens with zero attached hydrogens (tertiary/aromatic N) is 2.